The third kappa shape index (κ3) is 2.80. The van der Waals surface area contributed by atoms with Gasteiger partial charge in [-0.25, -0.2) is 9.50 Å². The Bertz CT molecular complexity index is 1460. The van der Waals surface area contributed by atoms with Crippen molar-refractivity contribution in [2.75, 3.05) is 11.9 Å². The van der Waals surface area contributed by atoms with Crippen LogP contribution in [0.25, 0.3) is 22.6 Å². The van der Waals surface area contributed by atoms with E-state index < -0.39 is 0 Å². The molecule has 154 valence electrons. The van der Waals surface area contributed by atoms with Crippen molar-refractivity contribution in [1.29, 1.82) is 0 Å². The zero-order valence-corrected chi connectivity index (χ0v) is 17.8. The van der Waals surface area contributed by atoms with Gasteiger partial charge in [0.15, 0.2) is 11.3 Å². The Morgan fingerprint density at radius 3 is 2.71 bits per heavy atom. The lowest BCUT2D eigenvalue weighted by Gasteiger charge is -2.30. The predicted molar refractivity (Wildman–Crippen MR) is 121 cm³/mol. The molecule has 0 spiro atoms. The van der Waals surface area contributed by atoms with E-state index in [1.165, 1.54) is 33.5 Å². The van der Waals surface area contributed by atoms with E-state index in [-0.39, 0.29) is 5.92 Å². The van der Waals surface area contributed by atoms with Crippen LogP contribution >= 0.6 is 0 Å². The molecular formula is C24H23N7. The van der Waals surface area contributed by atoms with Gasteiger partial charge >= 0.3 is 0 Å². The number of aromatic nitrogens is 6. The molecule has 1 aromatic carbocycles. The van der Waals surface area contributed by atoms with Crippen LogP contribution in [-0.4, -0.2) is 35.7 Å². The molecule has 1 aliphatic rings. The second-order valence-electron chi connectivity index (χ2n) is 8.53. The molecule has 0 saturated heterocycles. The lowest BCUT2D eigenvalue weighted by Crippen LogP contribution is -2.20. The Balaban J connectivity index is 1.61. The standard InChI is InChI=1S/C24H23N7/c1-14-6-18-17(19-8-16(3)11-30-13-27-29-24(19)30)4-5-25-23(18)20(7-14)21-9-15(2)10-22-26-12-28-31(21)22/h6-13,17,25H,4-5H2,1-3H3. The Morgan fingerprint density at radius 1 is 0.968 bits per heavy atom. The maximum absolute atomic E-state index is 4.49. The number of nitrogens with one attached hydrogen (secondary N) is 1. The van der Waals surface area contributed by atoms with E-state index >= 15 is 0 Å². The number of benzene rings is 1. The molecule has 0 amide bonds. The first-order chi connectivity index (χ1) is 15.1. The molecular weight excluding hydrogens is 386 g/mol. The van der Waals surface area contributed by atoms with E-state index in [0.29, 0.717) is 0 Å². The summed E-state index contributed by atoms with van der Waals surface area (Å²) in [6.07, 6.45) is 6.49. The molecule has 7 nitrogen and oxygen atoms in total. The summed E-state index contributed by atoms with van der Waals surface area (Å²) in [5.74, 6) is 0.248. The van der Waals surface area contributed by atoms with Gasteiger partial charge in [-0.1, -0.05) is 17.7 Å². The highest BCUT2D eigenvalue weighted by molar-refractivity contribution is 5.82. The molecule has 31 heavy (non-hydrogen) atoms. The molecule has 5 aromatic rings. The third-order valence-electron chi connectivity index (χ3n) is 6.16. The van der Waals surface area contributed by atoms with Crippen LogP contribution in [0, 0.1) is 20.8 Å². The minimum Gasteiger partial charge on any atom is -0.384 e. The fraction of sp³-hybridized carbons (Fsp3) is 0.250. The Labute approximate surface area is 179 Å². The number of hydrogen-bond acceptors (Lipinski definition) is 5. The van der Waals surface area contributed by atoms with Gasteiger partial charge in [-0.15, -0.1) is 10.2 Å². The van der Waals surface area contributed by atoms with E-state index in [1.807, 2.05) is 8.92 Å². The lowest BCUT2D eigenvalue weighted by atomic mass is 9.82. The average Bonchev–Trinajstić information content (AvgIpc) is 3.40. The molecule has 1 unspecified atom stereocenters. The van der Waals surface area contributed by atoms with Crippen LogP contribution in [0.3, 0.4) is 0 Å². The first-order valence-electron chi connectivity index (χ1n) is 10.6. The van der Waals surface area contributed by atoms with Gasteiger partial charge in [0.2, 0.25) is 0 Å². The molecule has 7 heteroatoms. The van der Waals surface area contributed by atoms with Gasteiger partial charge in [0.25, 0.3) is 0 Å². The number of aryl methyl sites for hydroxylation is 3. The Hall–Kier alpha value is -3.74. The van der Waals surface area contributed by atoms with Crippen LogP contribution in [0.1, 0.15) is 40.2 Å². The zero-order chi connectivity index (χ0) is 21.1. The SMILES string of the molecule is Cc1cc(-c2cc(C)cc3ncnn23)c2c(c1)C(c1cc(C)cn3cnnc13)CCN2. The van der Waals surface area contributed by atoms with Crippen LogP contribution in [0.2, 0.25) is 0 Å². The van der Waals surface area contributed by atoms with Gasteiger partial charge in [-0.2, -0.15) is 5.10 Å². The van der Waals surface area contributed by atoms with Crippen LogP contribution in [0.4, 0.5) is 5.69 Å². The number of hydrogen-bond donors (Lipinski definition) is 1. The van der Waals surface area contributed by atoms with E-state index in [1.54, 1.807) is 12.7 Å². The summed E-state index contributed by atoms with van der Waals surface area (Å²) in [7, 11) is 0. The molecule has 0 radical (unpaired) electrons. The van der Waals surface area contributed by atoms with Crippen molar-refractivity contribution >= 4 is 17.0 Å². The van der Waals surface area contributed by atoms with Crippen molar-refractivity contribution in [3.05, 3.63) is 77.0 Å². The highest BCUT2D eigenvalue weighted by Gasteiger charge is 2.28. The molecule has 1 aliphatic heterocycles. The fourth-order valence-electron chi connectivity index (χ4n) is 4.92. The molecule has 0 saturated carbocycles. The molecule has 0 fully saturated rings. The van der Waals surface area contributed by atoms with Gasteiger partial charge in [-0.3, -0.25) is 4.40 Å². The molecule has 0 bridgehead atoms. The summed E-state index contributed by atoms with van der Waals surface area (Å²) in [6.45, 7) is 7.28. The highest BCUT2D eigenvalue weighted by Crippen LogP contribution is 2.43. The second kappa shape index (κ2) is 6.63. The fourth-order valence-corrected chi connectivity index (χ4v) is 4.92. The topological polar surface area (TPSA) is 72.4 Å². The maximum atomic E-state index is 4.49. The molecule has 5 heterocycles. The molecule has 1 atom stereocenters. The van der Waals surface area contributed by atoms with Crippen molar-refractivity contribution in [2.45, 2.75) is 33.1 Å². The predicted octanol–water partition coefficient (Wildman–Crippen LogP) is 4.31. The van der Waals surface area contributed by atoms with Gasteiger partial charge in [0, 0.05) is 35.5 Å². The first-order valence-corrected chi connectivity index (χ1v) is 10.6. The monoisotopic (exact) mass is 409 g/mol. The maximum Gasteiger partial charge on any atom is 0.164 e. The smallest absolute Gasteiger partial charge is 0.164 e. The number of anilines is 1. The summed E-state index contributed by atoms with van der Waals surface area (Å²) >= 11 is 0. The summed E-state index contributed by atoms with van der Waals surface area (Å²) < 4.78 is 3.96. The summed E-state index contributed by atoms with van der Waals surface area (Å²) in [5.41, 5.74) is 11.3. The largest absolute Gasteiger partial charge is 0.384 e. The van der Waals surface area contributed by atoms with Crippen molar-refractivity contribution < 1.29 is 0 Å². The van der Waals surface area contributed by atoms with E-state index in [2.05, 4.69) is 82.9 Å². The number of rotatable bonds is 2. The van der Waals surface area contributed by atoms with Crippen molar-refractivity contribution in [2.24, 2.45) is 0 Å². The lowest BCUT2D eigenvalue weighted by molar-refractivity contribution is 0.718. The van der Waals surface area contributed by atoms with Crippen LogP contribution in [-0.2, 0) is 0 Å². The molecule has 6 rings (SSSR count). The van der Waals surface area contributed by atoms with Gasteiger partial charge in [0.05, 0.1) is 5.69 Å². The number of pyridine rings is 2. The van der Waals surface area contributed by atoms with E-state index in [4.69, 9.17) is 0 Å². The minimum atomic E-state index is 0.248. The molecule has 1 N–H and O–H groups in total. The molecule has 0 aliphatic carbocycles. The number of fused-ring (bicyclic) bond motifs is 3. The highest BCUT2D eigenvalue weighted by atomic mass is 15.3. The van der Waals surface area contributed by atoms with Crippen molar-refractivity contribution in [3.8, 4) is 11.3 Å². The number of nitrogens with zero attached hydrogens (tertiary/aromatic N) is 6. The second-order valence-corrected chi connectivity index (χ2v) is 8.53. The van der Waals surface area contributed by atoms with Gasteiger partial charge in [0.1, 0.15) is 12.7 Å². The summed E-state index contributed by atoms with van der Waals surface area (Å²) in [4.78, 5) is 4.41. The van der Waals surface area contributed by atoms with E-state index in [9.17, 15) is 0 Å². The minimum absolute atomic E-state index is 0.248. The Morgan fingerprint density at radius 2 is 1.81 bits per heavy atom. The average molecular weight is 409 g/mol. The van der Waals surface area contributed by atoms with Crippen molar-refractivity contribution in [3.63, 3.8) is 0 Å². The quantitative estimate of drug-likeness (QED) is 0.470. The normalized spacial score (nSPS) is 15.9. The van der Waals surface area contributed by atoms with E-state index in [0.717, 1.165) is 35.5 Å². The van der Waals surface area contributed by atoms with Gasteiger partial charge < -0.3 is 5.32 Å². The van der Waals surface area contributed by atoms with Crippen LogP contribution in [0.15, 0.2) is 49.2 Å². The van der Waals surface area contributed by atoms with Crippen LogP contribution < -0.4 is 5.32 Å². The molecule has 4 aromatic heterocycles. The van der Waals surface area contributed by atoms with Gasteiger partial charge in [-0.05, 0) is 62.1 Å². The summed E-state index contributed by atoms with van der Waals surface area (Å²) in [5, 5.41) is 16.8. The van der Waals surface area contributed by atoms with Crippen molar-refractivity contribution in [1.82, 2.24) is 29.2 Å². The first kappa shape index (κ1) is 18.1. The van der Waals surface area contributed by atoms with Crippen LogP contribution in [0.5, 0.6) is 0 Å². The third-order valence-corrected chi connectivity index (χ3v) is 6.16. The summed E-state index contributed by atoms with van der Waals surface area (Å²) in [6, 6.07) is 11.1. The zero-order valence-electron chi connectivity index (χ0n) is 17.8. The Kier molecular flexibility index (Phi) is 3.86.